The number of hydrogen-bond acceptors (Lipinski definition) is 4. The summed E-state index contributed by atoms with van der Waals surface area (Å²) >= 11 is 6.02. The summed E-state index contributed by atoms with van der Waals surface area (Å²) in [4.78, 5) is 26.6. The zero-order chi connectivity index (χ0) is 26.4. The highest BCUT2D eigenvalue weighted by molar-refractivity contribution is 7.92. The Hall–Kier alpha value is -2.79. The molecule has 0 aliphatic carbocycles. The zero-order valence-electron chi connectivity index (χ0n) is 19.5. The van der Waals surface area contributed by atoms with E-state index < -0.39 is 33.7 Å². The third-order valence-electron chi connectivity index (χ3n) is 5.27. The van der Waals surface area contributed by atoms with Gasteiger partial charge in [0.2, 0.25) is 21.8 Å². The molecule has 0 aliphatic rings. The first-order valence-corrected chi connectivity index (χ1v) is 12.9. The summed E-state index contributed by atoms with van der Waals surface area (Å²) in [6.45, 7) is 1.44. The molecule has 35 heavy (non-hydrogen) atoms. The lowest BCUT2D eigenvalue weighted by atomic mass is 10.1. The summed E-state index contributed by atoms with van der Waals surface area (Å²) in [5.41, 5.74) is -0.431. The van der Waals surface area contributed by atoms with Crippen LogP contribution in [0.2, 0.25) is 5.02 Å². The molecule has 0 spiro atoms. The van der Waals surface area contributed by atoms with Gasteiger partial charge in [-0.3, -0.25) is 13.9 Å². The van der Waals surface area contributed by atoms with Crippen molar-refractivity contribution in [3.63, 3.8) is 0 Å². The standard InChI is InChI=1S/C23H27ClF3N3O4S/c1-16(22(32)28-2)29(15-17-7-4-9-19(24)13-17)21(31)11-6-12-30(35(3,33)34)20-10-5-8-18(14-20)23(25,26)27/h4-5,7-10,13-14,16H,6,11-12,15H2,1-3H3,(H,28,32)/t16-/m1/s1. The van der Waals surface area contributed by atoms with Crippen LogP contribution in [0.3, 0.4) is 0 Å². The van der Waals surface area contributed by atoms with Gasteiger partial charge in [-0.25, -0.2) is 8.42 Å². The minimum atomic E-state index is -4.63. The Morgan fingerprint density at radius 3 is 2.34 bits per heavy atom. The molecule has 2 rings (SSSR count). The third-order valence-corrected chi connectivity index (χ3v) is 6.70. The molecule has 2 amide bonds. The maximum atomic E-state index is 13.1. The summed E-state index contributed by atoms with van der Waals surface area (Å²) in [5.74, 6) is -0.805. The van der Waals surface area contributed by atoms with Crippen molar-refractivity contribution in [1.82, 2.24) is 10.2 Å². The summed E-state index contributed by atoms with van der Waals surface area (Å²) in [7, 11) is -2.48. The molecule has 2 aromatic rings. The van der Waals surface area contributed by atoms with Crippen LogP contribution >= 0.6 is 11.6 Å². The fraction of sp³-hybridized carbons (Fsp3) is 0.391. The number of nitrogens with zero attached hydrogens (tertiary/aromatic N) is 2. The normalized spacial score (nSPS) is 12.7. The number of likely N-dealkylation sites (N-methyl/N-ethyl adjacent to an activating group) is 1. The number of alkyl halides is 3. The van der Waals surface area contributed by atoms with Gasteiger partial charge in [0.15, 0.2) is 0 Å². The largest absolute Gasteiger partial charge is 0.416 e. The highest BCUT2D eigenvalue weighted by Gasteiger charge is 2.32. The molecule has 12 heteroatoms. The first kappa shape index (κ1) is 28.4. The van der Waals surface area contributed by atoms with Gasteiger partial charge in [-0.05, 0) is 49.2 Å². The zero-order valence-corrected chi connectivity index (χ0v) is 21.0. The number of benzene rings is 2. The summed E-state index contributed by atoms with van der Waals surface area (Å²) in [6.07, 6.45) is -3.86. The van der Waals surface area contributed by atoms with Crippen molar-refractivity contribution >= 4 is 39.1 Å². The van der Waals surface area contributed by atoms with Gasteiger partial charge in [-0.1, -0.05) is 29.8 Å². The predicted octanol–water partition coefficient (Wildman–Crippen LogP) is 4.07. The molecule has 2 aromatic carbocycles. The van der Waals surface area contributed by atoms with E-state index in [0.29, 0.717) is 10.6 Å². The number of hydrogen-bond donors (Lipinski definition) is 1. The fourth-order valence-corrected chi connectivity index (χ4v) is 4.63. The van der Waals surface area contributed by atoms with Crippen molar-refractivity contribution in [1.29, 1.82) is 0 Å². The van der Waals surface area contributed by atoms with Gasteiger partial charge in [-0.2, -0.15) is 13.2 Å². The SMILES string of the molecule is CNC(=O)[C@@H](C)N(Cc1cccc(Cl)c1)C(=O)CCCN(c1cccc(C(F)(F)F)c1)S(C)(=O)=O. The molecule has 0 aliphatic heterocycles. The minimum Gasteiger partial charge on any atom is -0.357 e. The molecule has 192 valence electrons. The van der Waals surface area contributed by atoms with E-state index in [4.69, 9.17) is 11.6 Å². The number of nitrogens with one attached hydrogen (secondary N) is 1. The highest BCUT2D eigenvalue weighted by Crippen LogP contribution is 2.32. The predicted molar refractivity (Wildman–Crippen MR) is 128 cm³/mol. The van der Waals surface area contributed by atoms with Crippen molar-refractivity contribution in [3.8, 4) is 0 Å². The van der Waals surface area contributed by atoms with Crippen LogP contribution < -0.4 is 9.62 Å². The molecule has 7 nitrogen and oxygen atoms in total. The van der Waals surface area contributed by atoms with Gasteiger partial charge in [0.25, 0.3) is 0 Å². The Morgan fingerprint density at radius 1 is 1.11 bits per heavy atom. The Morgan fingerprint density at radius 2 is 1.77 bits per heavy atom. The smallest absolute Gasteiger partial charge is 0.357 e. The number of rotatable bonds is 10. The number of anilines is 1. The second kappa shape index (κ2) is 11.8. The van der Waals surface area contributed by atoms with Gasteiger partial charge in [0.05, 0.1) is 17.5 Å². The molecule has 0 fully saturated rings. The van der Waals surface area contributed by atoms with Crippen LogP contribution in [-0.2, 0) is 32.3 Å². The molecule has 0 saturated carbocycles. The summed E-state index contributed by atoms with van der Waals surface area (Å²) in [5, 5.41) is 2.96. The lowest BCUT2D eigenvalue weighted by molar-refractivity contribution is -0.140. The van der Waals surface area contributed by atoms with Crippen LogP contribution in [0.4, 0.5) is 18.9 Å². The quantitative estimate of drug-likeness (QED) is 0.499. The molecular formula is C23H27ClF3N3O4S. The van der Waals surface area contributed by atoms with Gasteiger partial charge in [-0.15, -0.1) is 0 Å². The van der Waals surface area contributed by atoms with E-state index in [1.165, 1.54) is 18.0 Å². The molecule has 1 atom stereocenters. The van der Waals surface area contributed by atoms with Gasteiger partial charge in [0.1, 0.15) is 6.04 Å². The van der Waals surface area contributed by atoms with E-state index in [9.17, 15) is 31.2 Å². The number of carbonyl (C=O) groups is 2. The number of halogens is 4. The van der Waals surface area contributed by atoms with Crippen LogP contribution in [-0.4, -0.2) is 51.0 Å². The Labute approximate surface area is 207 Å². The Balaban J connectivity index is 2.19. The second-order valence-electron chi connectivity index (χ2n) is 7.93. The van der Waals surface area contributed by atoms with Crippen molar-refractivity contribution in [2.45, 2.75) is 38.5 Å². The van der Waals surface area contributed by atoms with Crippen LogP contribution in [0.1, 0.15) is 30.9 Å². The topological polar surface area (TPSA) is 86.8 Å². The number of amides is 2. The van der Waals surface area contributed by atoms with Gasteiger partial charge in [0, 0.05) is 31.6 Å². The van der Waals surface area contributed by atoms with Gasteiger partial charge >= 0.3 is 6.18 Å². The molecular weight excluding hydrogens is 507 g/mol. The maximum absolute atomic E-state index is 13.1. The summed E-state index contributed by atoms with van der Waals surface area (Å²) in [6, 6.07) is 9.97. The van der Waals surface area contributed by atoms with Crippen LogP contribution in [0, 0.1) is 0 Å². The van der Waals surface area contributed by atoms with Crippen molar-refractivity contribution in [2.75, 3.05) is 24.2 Å². The average molecular weight is 534 g/mol. The molecule has 0 unspecified atom stereocenters. The molecule has 0 radical (unpaired) electrons. The number of carbonyl (C=O) groups excluding carboxylic acids is 2. The Kier molecular flexibility index (Phi) is 9.56. The van der Waals surface area contributed by atoms with E-state index in [2.05, 4.69) is 5.32 Å². The number of sulfonamides is 1. The van der Waals surface area contributed by atoms with E-state index in [0.717, 1.165) is 28.8 Å². The monoisotopic (exact) mass is 533 g/mol. The second-order valence-corrected chi connectivity index (χ2v) is 10.3. The maximum Gasteiger partial charge on any atom is 0.416 e. The van der Waals surface area contributed by atoms with Crippen molar-refractivity contribution in [2.24, 2.45) is 0 Å². The van der Waals surface area contributed by atoms with Crippen LogP contribution in [0.25, 0.3) is 0 Å². The van der Waals surface area contributed by atoms with E-state index in [1.807, 2.05) is 0 Å². The molecule has 0 aromatic heterocycles. The molecule has 0 bridgehead atoms. The lowest BCUT2D eigenvalue weighted by Gasteiger charge is -2.29. The molecule has 1 N–H and O–H groups in total. The van der Waals surface area contributed by atoms with Gasteiger partial charge < -0.3 is 10.2 Å². The first-order valence-electron chi connectivity index (χ1n) is 10.6. The summed E-state index contributed by atoms with van der Waals surface area (Å²) < 4.78 is 64.7. The van der Waals surface area contributed by atoms with E-state index >= 15 is 0 Å². The van der Waals surface area contributed by atoms with E-state index in [1.54, 1.807) is 31.2 Å². The van der Waals surface area contributed by atoms with Crippen molar-refractivity contribution < 1.29 is 31.2 Å². The minimum absolute atomic E-state index is 0.0225. The van der Waals surface area contributed by atoms with Crippen LogP contribution in [0.15, 0.2) is 48.5 Å². The molecule has 0 heterocycles. The van der Waals surface area contributed by atoms with E-state index in [-0.39, 0.29) is 37.5 Å². The Bertz CT molecular complexity index is 1160. The highest BCUT2D eigenvalue weighted by atomic mass is 35.5. The third kappa shape index (κ3) is 8.14. The van der Waals surface area contributed by atoms with Crippen molar-refractivity contribution in [3.05, 3.63) is 64.7 Å². The first-order chi connectivity index (χ1) is 16.2. The average Bonchev–Trinajstić information content (AvgIpc) is 2.78. The molecule has 0 saturated heterocycles. The lowest BCUT2D eigenvalue weighted by Crippen LogP contribution is -2.46. The fourth-order valence-electron chi connectivity index (χ4n) is 3.46. The van der Waals surface area contributed by atoms with Crippen LogP contribution in [0.5, 0.6) is 0 Å².